The van der Waals surface area contributed by atoms with Crippen LogP contribution in [0.15, 0.2) is 97.1 Å². The number of hydrogen-bond donors (Lipinski definition) is 0. The highest BCUT2D eigenvalue weighted by Crippen LogP contribution is 2.64. The molecule has 5 aliphatic rings. The minimum Gasteiger partial charge on any atom is -0.456 e. The Labute approximate surface area is 300 Å². The molecule has 7 heteroatoms. The van der Waals surface area contributed by atoms with E-state index in [1.165, 1.54) is 88.8 Å². The Morgan fingerprint density at radius 1 is 0.608 bits per heavy atom. The second kappa shape index (κ2) is 8.38. The Hall–Kier alpha value is -4.99. The first-order valence-electron chi connectivity index (χ1n) is 18.4. The predicted molar refractivity (Wildman–Crippen MR) is 211 cm³/mol. The number of pyridine rings is 2. The molecule has 5 aliphatic heterocycles. The van der Waals surface area contributed by atoms with E-state index in [0.29, 0.717) is 0 Å². The van der Waals surface area contributed by atoms with E-state index in [0.717, 1.165) is 11.5 Å². The summed E-state index contributed by atoms with van der Waals surface area (Å²) in [6.07, 6.45) is 0. The zero-order chi connectivity index (χ0) is 34.7. The number of para-hydroxylation sites is 2. The molecule has 0 bridgehead atoms. The monoisotopic (exact) mass is 696 g/mol. The van der Waals surface area contributed by atoms with Crippen molar-refractivity contribution in [1.82, 2.24) is 4.57 Å². The SMILES string of the molecule is CC1(C)c2ccccc2N2c3c1ccc1c3C34c5c(ccc6c7ccccc7n(c56)-c5cc([Si](C)(C)C)cc([n+]53)-c3cc([Si](C)(C)C)cc2[n+]34)O1. The maximum Gasteiger partial charge on any atom is 0.323 e. The Kier molecular flexibility index (Phi) is 4.71. The molecule has 0 saturated carbocycles. The van der Waals surface area contributed by atoms with Crippen LogP contribution in [-0.4, -0.2) is 20.7 Å². The van der Waals surface area contributed by atoms with Crippen LogP contribution in [0.25, 0.3) is 39.0 Å². The number of aromatic nitrogens is 3. The van der Waals surface area contributed by atoms with E-state index in [1.54, 1.807) is 0 Å². The van der Waals surface area contributed by atoms with E-state index in [-0.39, 0.29) is 5.41 Å². The fraction of sp³-hybridized carbons (Fsp3) is 0.227. The quantitative estimate of drug-likeness (QED) is 0.134. The molecule has 0 fully saturated rings. The van der Waals surface area contributed by atoms with Gasteiger partial charge in [-0.05, 0) is 58.9 Å². The lowest BCUT2D eigenvalue weighted by Gasteiger charge is -2.46. The van der Waals surface area contributed by atoms with Gasteiger partial charge in [0.05, 0.1) is 16.1 Å². The molecule has 4 aromatic carbocycles. The summed E-state index contributed by atoms with van der Waals surface area (Å²) in [7, 11) is -3.55. The van der Waals surface area contributed by atoms with Gasteiger partial charge in [-0.1, -0.05) is 89.5 Å². The van der Waals surface area contributed by atoms with Crippen molar-refractivity contribution in [1.29, 1.82) is 0 Å². The summed E-state index contributed by atoms with van der Waals surface area (Å²) in [5.41, 5.74) is 12.0. The van der Waals surface area contributed by atoms with Crippen molar-refractivity contribution < 1.29 is 13.9 Å². The molecule has 0 aliphatic carbocycles. The van der Waals surface area contributed by atoms with Gasteiger partial charge >= 0.3 is 5.66 Å². The average Bonchev–Trinajstić information content (AvgIpc) is 3.59. The molecule has 0 radical (unpaired) electrons. The number of ether oxygens (including phenoxy) is 1. The summed E-state index contributed by atoms with van der Waals surface area (Å²) >= 11 is 0. The van der Waals surface area contributed by atoms with Gasteiger partial charge in [0.25, 0.3) is 11.6 Å². The standard InChI is InChI=1S/C44H40N4OSi2/c1-43(2)29-14-10-12-16-32(29)46-38-24-26(51(6,7)8)22-34-33-21-25(50(3,4)5)23-37-45-31-15-11-9-13-27(31)28-17-19-35-39(41(28)45)44(47(33)37,48(34)38)40-36(49-35)20-18-30(43)42(40)46/h9-24H,1-8H3/q+2. The van der Waals surface area contributed by atoms with Gasteiger partial charge in [0.15, 0.2) is 22.6 Å². The third kappa shape index (κ3) is 2.99. The molecule has 248 valence electrons. The minimum absolute atomic E-state index is 0.206. The molecule has 1 atom stereocenters. The van der Waals surface area contributed by atoms with Crippen LogP contribution in [0.4, 0.5) is 17.2 Å². The summed E-state index contributed by atoms with van der Waals surface area (Å²) in [4.78, 5) is 2.61. The van der Waals surface area contributed by atoms with Crippen molar-refractivity contribution in [2.24, 2.45) is 0 Å². The first-order valence-corrected chi connectivity index (χ1v) is 25.4. The van der Waals surface area contributed by atoms with Crippen LogP contribution in [0.5, 0.6) is 11.5 Å². The lowest BCUT2D eigenvalue weighted by atomic mass is 9.70. The fourth-order valence-electron chi connectivity index (χ4n) is 10.3. The van der Waals surface area contributed by atoms with Gasteiger partial charge < -0.3 is 4.74 Å². The van der Waals surface area contributed by atoms with Crippen LogP contribution >= 0.6 is 0 Å². The van der Waals surface area contributed by atoms with Gasteiger partial charge in [-0.15, -0.1) is 0 Å². The maximum atomic E-state index is 7.16. The van der Waals surface area contributed by atoms with Gasteiger partial charge in [-0.2, -0.15) is 18.6 Å². The minimum atomic E-state index is -1.78. The lowest BCUT2D eigenvalue weighted by molar-refractivity contribution is -0.931. The maximum absolute atomic E-state index is 7.16. The van der Waals surface area contributed by atoms with Crippen LogP contribution in [0, 0.1) is 0 Å². The Bertz CT molecular complexity index is 2850. The number of fused-ring (bicyclic) bond motifs is 8. The summed E-state index contributed by atoms with van der Waals surface area (Å²) in [5.74, 6) is 4.39. The van der Waals surface area contributed by atoms with Gasteiger partial charge in [-0.3, -0.25) is 0 Å². The first-order chi connectivity index (χ1) is 24.3. The van der Waals surface area contributed by atoms with Crippen LogP contribution in [0.3, 0.4) is 0 Å². The van der Waals surface area contributed by atoms with Crippen molar-refractivity contribution in [2.45, 2.75) is 64.2 Å². The molecule has 1 unspecified atom stereocenters. The lowest BCUT2D eigenvalue weighted by Crippen LogP contribution is -2.76. The Morgan fingerprint density at radius 2 is 1.24 bits per heavy atom. The van der Waals surface area contributed by atoms with Gasteiger partial charge in [0.1, 0.15) is 33.8 Å². The molecule has 1 spiro atoms. The smallest absolute Gasteiger partial charge is 0.323 e. The van der Waals surface area contributed by atoms with Crippen molar-refractivity contribution >= 4 is 65.5 Å². The van der Waals surface area contributed by atoms with E-state index < -0.39 is 21.8 Å². The third-order valence-electron chi connectivity index (χ3n) is 12.8. The molecule has 5 nitrogen and oxygen atoms in total. The second-order valence-electron chi connectivity index (χ2n) is 17.9. The van der Waals surface area contributed by atoms with E-state index in [2.05, 4.69) is 169 Å². The zero-order valence-corrected chi connectivity index (χ0v) is 32.4. The van der Waals surface area contributed by atoms with Gasteiger partial charge in [-0.25, -0.2) is 0 Å². The van der Waals surface area contributed by atoms with Crippen molar-refractivity contribution in [2.75, 3.05) is 4.90 Å². The molecule has 12 rings (SSSR count). The van der Waals surface area contributed by atoms with Crippen LogP contribution in [0.1, 0.15) is 36.1 Å². The molecule has 0 N–H and O–H groups in total. The highest BCUT2D eigenvalue weighted by molar-refractivity contribution is 6.89. The number of nitrogens with zero attached hydrogens (tertiary/aromatic N) is 4. The van der Waals surface area contributed by atoms with Crippen LogP contribution in [-0.2, 0) is 11.1 Å². The average molecular weight is 697 g/mol. The molecular formula is C44H40N4OSi2+2. The molecule has 3 aromatic heterocycles. The molecule has 7 aromatic rings. The van der Waals surface area contributed by atoms with Crippen LogP contribution < -0.4 is 29.1 Å². The van der Waals surface area contributed by atoms with Crippen molar-refractivity contribution in [3.8, 4) is 28.7 Å². The molecule has 51 heavy (non-hydrogen) atoms. The van der Waals surface area contributed by atoms with E-state index in [1.807, 2.05) is 0 Å². The van der Waals surface area contributed by atoms with E-state index in [4.69, 9.17) is 4.74 Å². The molecule has 8 heterocycles. The highest BCUT2D eigenvalue weighted by Gasteiger charge is 2.71. The van der Waals surface area contributed by atoms with Gasteiger partial charge in [0.2, 0.25) is 0 Å². The van der Waals surface area contributed by atoms with Crippen molar-refractivity contribution in [3.05, 3.63) is 119 Å². The number of hydrogen-bond acceptors (Lipinski definition) is 2. The molecular weight excluding hydrogens is 657 g/mol. The summed E-state index contributed by atoms with van der Waals surface area (Å²) < 4.78 is 15.2. The van der Waals surface area contributed by atoms with E-state index in [9.17, 15) is 0 Å². The summed E-state index contributed by atoms with van der Waals surface area (Å²) in [6.45, 7) is 19.7. The zero-order valence-electron chi connectivity index (χ0n) is 30.4. The number of rotatable bonds is 2. The summed E-state index contributed by atoms with van der Waals surface area (Å²) in [6, 6.07) is 37.5. The Balaban J connectivity index is 1.40. The third-order valence-corrected chi connectivity index (χ3v) is 16.8. The number of anilines is 3. The second-order valence-corrected chi connectivity index (χ2v) is 28.1. The number of benzene rings is 4. The topological polar surface area (TPSA) is 25.2 Å². The largest absolute Gasteiger partial charge is 0.456 e. The summed E-state index contributed by atoms with van der Waals surface area (Å²) in [5, 5.41) is 5.52. The van der Waals surface area contributed by atoms with Crippen LogP contribution in [0.2, 0.25) is 39.3 Å². The van der Waals surface area contributed by atoms with Crippen molar-refractivity contribution in [3.63, 3.8) is 0 Å². The fourth-order valence-corrected chi connectivity index (χ4v) is 12.6. The Morgan fingerprint density at radius 3 is 1.98 bits per heavy atom. The predicted octanol–water partition coefficient (Wildman–Crippen LogP) is 8.57. The molecule has 0 amide bonds. The first kappa shape index (κ1) is 28.7. The van der Waals surface area contributed by atoms with E-state index >= 15 is 0 Å². The highest BCUT2D eigenvalue weighted by atomic mass is 28.3. The normalized spacial score (nSPS) is 18.9. The molecule has 0 saturated heterocycles. The van der Waals surface area contributed by atoms with Gasteiger partial charge in [0, 0.05) is 39.4 Å².